The van der Waals surface area contributed by atoms with Crippen LogP contribution in [-0.2, 0) is 27.4 Å². The van der Waals surface area contributed by atoms with Gasteiger partial charge < -0.3 is 24.0 Å². The summed E-state index contributed by atoms with van der Waals surface area (Å²) in [5.74, 6) is 1.30. The number of hydrogen-bond donors (Lipinski definition) is 0. The Morgan fingerprint density at radius 2 is 1.94 bits per heavy atom. The molecule has 0 saturated carbocycles. The Bertz CT molecular complexity index is 918. The molecule has 7 nitrogen and oxygen atoms in total. The minimum Gasteiger partial charge on any atom is -0.454 e. The van der Waals surface area contributed by atoms with Gasteiger partial charge in [-0.25, -0.2) is 0 Å². The van der Waals surface area contributed by atoms with Crippen LogP contribution in [0, 0.1) is 5.92 Å². The lowest BCUT2D eigenvalue weighted by atomic mass is 9.97. The summed E-state index contributed by atoms with van der Waals surface area (Å²) in [6.45, 7) is 6.14. The first-order chi connectivity index (χ1) is 16.5. The zero-order valence-corrected chi connectivity index (χ0v) is 21.3. The van der Waals surface area contributed by atoms with Crippen molar-refractivity contribution in [3.05, 3.63) is 46.2 Å². The molecule has 2 amide bonds. The fraction of sp³-hybridized carbons (Fsp3) is 0.538. The summed E-state index contributed by atoms with van der Waals surface area (Å²) in [5.41, 5.74) is 0.957. The first kappa shape index (κ1) is 26.0. The second-order valence-corrected chi connectivity index (χ2v) is 9.55. The van der Waals surface area contributed by atoms with E-state index in [0.717, 1.165) is 36.1 Å². The van der Waals surface area contributed by atoms with Gasteiger partial charge in [0.25, 0.3) is 0 Å². The molecule has 1 aromatic heterocycles. The molecule has 34 heavy (non-hydrogen) atoms. The van der Waals surface area contributed by atoms with Crippen molar-refractivity contribution >= 4 is 23.2 Å². The zero-order chi connectivity index (χ0) is 24.3. The van der Waals surface area contributed by atoms with Crippen molar-refractivity contribution in [3.8, 4) is 11.5 Å². The number of hydrogen-bond acceptors (Lipinski definition) is 6. The Hall–Kier alpha value is -2.58. The first-order valence-corrected chi connectivity index (χ1v) is 12.9. The van der Waals surface area contributed by atoms with Crippen LogP contribution in [0.4, 0.5) is 0 Å². The van der Waals surface area contributed by atoms with Gasteiger partial charge in [0.2, 0.25) is 18.6 Å². The summed E-state index contributed by atoms with van der Waals surface area (Å²) < 4.78 is 16.2. The molecule has 0 fully saturated rings. The Morgan fingerprint density at radius 1 is 1.12 bits per heavy atom. The Morgan fingerprint density at radius 3 is 2.65 bits per heavy atom. The minimum absolute atomic E-state index is 0.0421. The maximum Gasteiger partial charge on any atom is 0.242 e. The van der Waals surface area contributed by atoms with Gasteiger partial charge in [-0.1, -0.05) is 38.8 Å². The highest BCUT2D eigenvalue weighted by Gasteiger charge is 2.27. The summed E-state index contributed by atoms with van der Waals surface area (Å²) in [5, 5.41) is 2.01. The molecule has 1 aliphatic rings. The molecular weight excluding hydrogens is 452 g/mol. The van der Waals surface area contributed by atoms with Crippen LogP contribution < -0.4 is 9.47 Å². The van der Waals surface area contributed by atoms with E-state index in [1.54, 1.807) is 23.3 Å². The molecule has 1 aromatic carbocycles. The predicted molar refractivity (Wildman–Crippen MR) is 133 cm³/mol. The molecule has 0 bridgehead atoms. The van der Waals surface area contributed by atoms with Crippen LogP contribution in [0.3, 0.4) is 0 Å². The molecule has 0 aliphatic carbocycles. The average Bonchev–Trinajstić information content (AvgIpc) is 3.53. The van der Waals surface area contributed by atoms with Crippen molar-refractivity contribution in [3.63, 3.8) is 0 Å². The smallest absolute Gasteiger partial charge is 0.242 e. The maximum atomic E-state index is 13.6. The fourth-order valence-corrected chi connectivity index (χ4v) is 4.74. The van der Waals surface area contributed by atoms with Crippen molar-refractivity contribution in [1.29, 1.82) is 0 Å². The number of unbranched alkanes of at least 4 members (excludes halogenated alkanes) is 1. The largest absolute Gasteiger partial charge is 0.454 e. The van der Waals surface area contributed by atoms with Crippen LogP contribution in [0.1, 0.15) is 50.0 Å². The molecule has 186 valence electrons. The standard InChI is InChI=1S/C26H36N2O5S/c1-4-6-8-21(5-2)26(30)27(12-13-31-3)18-25(29)28(17-22-9-7-14-34-22)16-20-10-11-23-24(15-20)33-19-32-23/h7,9-11,14-15,21H,4-6,8,12-13,16-19H2,1-3H3/t21-/m1/s1. The van der Waals surface area contributed by atoms with Crippen molar-refractivity contribution in [1.82, 2.24) is 9.80 Å². The van der Waals surface area contributed by atoms with Crippen molar-refractivity contribution < 1.29 is 23.8 Å². The number of thiophene rings is 1. The van der Waals surface area contributed by atoms with E-state index in [9.17, 15) is 9.59 Å². The van der Waals surface area contributed by atoms with Gasteiger partial charge in [0.1, 0.15) is 0 Å². The minimum atomic E-state index is -0.0825. The molecule has 0 spiro atoms. The van der Waals surface area contributed by atoms with Crippen LogP contribution in [0.5, 0.6) is 11.5 Å². The van der Waals surface area contributed by atoms with Gasteiger partial charge in [-0.3, -0.25) is 9.59 Å². The molecule has 1 aliphatic heterocycles. The topological polar surface area (TPSA) is 68.3 Å². The van der Waals surface area contributed by atoms with Gasteiger partial charge in [0.05, 0.1) is 19.7 Å². The van der Waals surface area contributed by atoms with E-state index in [-0.39, 0.29) is 31.1 Å². The lowest BCUT2D eigenvalue weighted by Gasteiger charge is -2.30. The van der Waals surface area contributed by atoms with Crippen LogP contribution in [0.2, 0.25) is 0 Å². The number of benzene rings is 1. The Kier molecular flexibility index (Phi) is 10.2. The van der Waals surface area contributed by atoms with Crippen LogP contribution in [-0.4, -0.2) is 55.2 Å². The number of ether oxygens (including phenoxy) is 3. The number of amides is 2. The summed E-state index contributed by atoms with van der Waals surface area (Å²) in [4.78, 5) is 31.5. The third-order valence-electron chi connectivity index (χ3n) is 6.04. The van der Waals surface area contributed by atoms with Crippen molar-refractivity contribution in [2.24, 2.45) is 5.92 Å². The zero-order valence-electron chi connectivity index (χ0n) is 20.5. The molecular formula is C26H36N2O5S. The summed E-state index contributed by atoms with van der Waals surface area (Å²) in [6.07, 6.45) is 3.67. The van der Waals surface area contributed by atoms with Gasteiger partial charge in [0, 0.05) is 31.0 Å². The molecule has 1 atom stereocenters. The van der Waals surface area contributed by atoms with Crippen molar-refractivity contribution in [2.45, 2.75) is 52.6 Å². The van der Waals surface area contributed by atoms with E-state index < -0.39 is 0 Å². The van der Waals surface area contributed by atoms with Gasteiger partial charge in [-0.15, -0.1) is 11.3 Å². The lowest BCUT2D eigenvalue weighted by Crippen LogP contribution is -2.45. The third-order valence-corrected chi connectivity index (χ3v) is 6.90. The third kappa shape index (κ3) is 7.21. The summed E-state index contributed by atoms with van der Waals surface area (Å²) in [7, 11) is 1.61. The molecule has 0 saturated heterocycles. The molecule has 3 rings (SSSR count). The van der Waals surface area contributed by atoms with Crippen LogP contribution in [0.15, 0.2) is 35.7 Å². The Labute approximate surface area is 206 Å². The highest BCUT2D eigenvalue weighted by molar-refractivity contribution is 7.09. The normalized spacial score (nSPS) is 13.0. The van der Waals surface area contributed by atoms with Crippen LogP contribution in [0.25, 0.3) is 0 Å². The van der Waals surface area contributed by atoms with Crippen LogP contribution >= 0.6 is 11.3 Å². The highest BCUT2D eigenvalue weighted by Crippen LogP contribution is 2.33. The highest BCUT2D eigenvalue weighted by atomic mass is 32.1. The number of carbonyl (C=O) groups is 2. The first-order valence-electron chi connectivity index (χ1n) is 12.0. The fourth-order valence-electron chi connectivity index (χ4n) is 4.03. The number of rotatable bonds is 14. The Balaban J connectivity index is 1.76. The lowest BCUT2D eigenvalue weighted by molar-refractivity contribution is -0.144. The number of fused-ring (bicyclic) bond motifs is 1. The molecule has 2 heterocycles. The summed E-state index contributed by atoms with van der Waals surface area (Å²) >= 11 is 1.62. The van der Waals surface area contributed by atoms with E-state index in [4.69, 9.17) is 14.2 Å². The molecule has 2 aromatic rings. The second kappa shape index (κ2) is 13.3. The molecule has 0 N–H and O–H groups in total. The van der Waals surface area contributed by atoms with Gasteiger partial charge in [-0.05, 0) is 42.0 Å². The quantitative estimate of drug-likeness (QED) is 0.386. The average molecular weight is 489 g/mol. The summed E-state index contributed by atoms with van der Waals surface area (Å²) in [6, 6.07) is 9.75. The number of methoxy groups -OCH3 is 1. The van der Waals surface area contributed by atoms with Crippen molar-refractivity contribution in [2.75, 3.05) is 33.6 Å². The SMILES string of the molecule is CCCC[C@@H](CC)C(=O)N(CCOC)CC(=O)N(Cc1ccc2c(c1)OCO2)Cc1cccs1. The second-order valence-electron chi connectivity index (χ2n) is 8.52. The van der Waals surface area contributed by atoms with E-state index in [2.05, 4.69) is 6.92 Å². The predicted octanol–water partition coefficient (Wildman–Crippen LogP) is 4.70. The number of carbonyl (C=O) groups excluding carboxylic acids is 2. The molecule has 0 radical (unpaired) electrons. The molecule has 8 heteroatoms. The van der Waals surface area contributed by atoms with Gasteiger partial charge in [-0.2, -0.15) is 0 Å². The van der Waals surface area contributed by atoms with E-state index in [1.807, 2.05) is 47.5 Å². The van der Waals surface area contributed by atoms with E-state index in [0.29, 0.717) is 37.7 Å². The van der Waals surface area contributed by atoms with E-state index in [1.165, 1.54) is 0 Å². The monoisotopic (exact) mass is 488 g/mol. The van der Waals surface area contributed by atoms with Gasteiger partial charge in [0.15, 0.2) is 11.5 Å². The molecule has 0 unspecified atom stereocenters. The van der Waals surface area contributed by atoms with Gasteiger partial charge >= 0.3 is 0 Å². The number of nitrogens with zero attached hydrogens (tertiary/aromatic N) is 2. The van der Waals surface area contributed by atoms with E-state index >= 15 is 0 Å². The maximum absolute atomic E-state index is 13.6.